The van der Waals surface area contributed by atoms with Gasteiger partial charge in [-0.2, -0.15) is 5.26 Å². The molecule has 66 valence electrons. The van der Waals surface area contributed by atoms with Crippen molar-refractivity contribution in [2.75, 3.05) is 20.2 Å². The minimum Gasteiger partial charge on any atom is -0.368 e. The van der Waals surface area contributed by atoms with Gasteiger partial charge in [0.25, 0.3) is 5.91 Å². The van der Waals surface area contributed by atoms with E-state index < -0.39 is 0 Å². The molecule has 1 aliphatic heterocycles. The van der Waals surface area contributed by atoms with Crippen molar-refractivity contribution in [2.24, 2.45) is 0 Å². The van der Waals surface area contributed by atoms with Crippen LogP contribution < -0.4 is 0 Å². The molecule has 0 spiro atoms. The van der Waals surface area contributed by atoms with Gasteiger partial charge in [0.1, 0.15) is 12.6 Å². The zero-order valence-corrected chi connectivity index (χ0v) is 7.12. The molecular formula is C8H12N2O2. The zero-order valence-electron chi connectivity index (χ0n) is 7.12. The summed E-state index contributed by atoms with van der Waals surface area (Å²) in [5.74, 6) is -0.0750. The molecule has 0 aliphatic carbocycles. The molecule has 0 saturated carbocycles. The summed E-state index contributed by atoms with van der Waals surface area (Å²) in [6, 6.07) is 1.92. The number of hydrogen-bond donors (Lipinski definition) is 0. The predicted octanol–water partition coefficient (Wildman–Crippen LogP) is 0.147. The average molecular weight is 168 g/mol. The Morgan fingerprint density at radius 3 is 3.08 bits per heavy atom. The summed E-state index contributed by atoms with van der Waals surface area (Å²) >= 11 is 0. The summed E-state index contributed by atoms with van der Waals surface area (Å²) in [6.45, 7) is 0.801. The first-order valence-electron chi connectivity index (χ1n) is 3.99. The molecule has 1 heterocycles. The van der Waals surface area contributed by atoms with E-state index in [1.54, 1.807) is 7.05 Å². The highest BCUT2D eigenvalue weighted by Gasteiger charge is 2.25. The Labute approximate surface area is 71.7 Å². The van der Waals surface area contributed by atoms with E-state index in [-0.39, 0.29) is 18.6 Å². The van der Waals surface area contributed by atoms with Crippen LogP contribution in [0.25, 0.3) is 0 Å². The van der Waals surface area contributed by atoms with Crippen molar-refractivity contribution in [1.82, 2.24) is 4.90 Å². The molecule has 1 rings (SSSR count). The number of amides is 1. The molecule has 0 aromatic rings. The summed E-state index contributed by atoms with van der Waals surface area (Å²) in [5, 5.41) is 8.34. The van der Waals surface area contributed by atoms with Crippen LogP contribution in [0.3, 0.4) is 0 Å². The maximum Gasteiger partial charge on any atom is 0.252 e. The molecule has 0 N–H and O–H groups in total. The fraction of sp³-hybridized carbons (Fsp3) is 0.750. The molecule has 1 atom stereocenters. The maximum atomic E-state index is 11.4. The monoisotopic (exact) mass is 168 g/mol. The van der Waals surface area contributed by atoms with Crippen molar-refractivity contribution in [1.29, 1.82) is 5.26 Å². The molecule has 0 bridgehead atoms. The second kappa shape index (κ2) is 4.07. The Hall–Kier alpha value is -1.08. The van der Waals surface area contributed by atoms with Crippen LogP contribution in [0, 0.1) is 11.3 Å². The first kappa shape index (κ1) is 9.01. The number of nitriles is 1. The van der Waals surface area contributed by atoms with E-state index in [0.29, 0.717) is 6.61 Å². The summed E-state index contributed by atoms with van der Waals surface area (Å²) in [5.41, 5.74) is 0. The van der Waals surface area contributed by atoms with Crippen molar-refractivity contribution in [3.8, 4) is 6.07 Å². The second-order valence-corrected chi connectivity index (χ2v) is 2.85. The highest BCUT2D eigenvalue weighted by atomic mass is 16.5. The molecule has 12 heavy (non-hydrogen) atoms. The largest absolute Gasteiger partial charge is 0.368 e. The van der Waals surface area contributed by atoms with Crippen molar-refractivity contribution < 1.29 is 9.53 Å². The van der Waals surface area contributed by atoms with Gasteiger partial charge in [-0.1, -0.05) is 0 Å². The smallest absolute Gasteiger partial charge is 0.252 e. The van der Waals surface area contributed by atoms with E-state index in [0.717, 1.165) is 12.8 Å². The van der Waals surface area contributed by atoms with Gasteiger partial charge in [0, 0.05) is 13.7 Å². The number of hydrogen-bond acceptors (Lipinski definition) is 3. The van der Waals surface area contributed by atoms with Crippen LogP contribution in [0.5, 0.6) is 0 Å². The number of carbonyl (C=O) groups is 1. The lowest BCUT2D eigenvalue weighted by Gasteiger charge is -2.16. The SMILES string of the molecule is CN(CC#N)C(=O)[C@H]1CCCO1. The number of carbonyl (C=O) groups excluding carboxylic acids is 1. The van der Waals surface area contributed by atoms with Crippen LogP contribution in [-0.2, 0) is 9.53 Å². The van der Waals surface area contributed by atoms with Gasteiger partial charge in [-0.25, -0.2) is 0 Å². The van der Waals surface area contributed by atoms with Gasteiger partial charge in [-0.3, -0.25) is 4.79 Å². The Kier molecular flexibility index (Phi) is 3.06. The van der Waals surface area contributed by atoms with Gasteiger partial charge in [-0.15, -0.1) is 0 Å². The van der Waals surface area contributed by atoms with Crippen LogP contribution in [0.4, 0.5) is 0 Å². The van der Waals surface area contributed by atoms with Crippen molar-refractivity contribution >= 4 is 5.91 Å². The third-order valence-corrected chi connectivity index (χ3v) is 1.89. The molecule has 1 amide bonds. The molecule has 1 fully saturated rings. The number of nitrogens with zero attached hydrogens (tertiary/aromatic N) is 2. The number of rotatable bonds is 2. The second-order valence-electron chi connectivity index (χ2n) is 2.85. The Bertz CT molecular complexity index is 204. The van der Waals surface area contributed by atoms with Gasteiger partial charge in [0.05, 0.1) is 6.07 Å². The van der Waals surface area contributed by atoms with E-state index >= 15 is 0 Å². The molecule has 1 aliphatic rings. The van der Waals surface area contributed by atoms with Crippen LogP contribution in [0.15, 0.2) is 0 Å². The minimum atomic E-state index is -0.302. The van der Waals surface area contributed by atoms with Gasteiger partial charge < -0.3 is 9.64 Å². The van der Waals surface area contributed by atoms with E-state index in [4.69, 9.17) is 10.00 Å². The van der Waals surface area contributed by atoms with Gasteiger partial charge in [-0.05, 0) is 12.8 Å². The lowest BCUT2D eigenvalue weighted by Crippen LogP contribution is -2.36. The van der Waals surface area contributed by atoms with E-state index in [9.17, 15) is 4.79 Å². The number of ether oxygens (including phenoxy) is 1. The van der Waals surface area contributed by atoms with Crippen LogP contribution in [0.1, 0.15) is 12.8 Å². The van der Waals surface area contributed by atoms with Crippen molar-refractivity contribution in [2.45, 2.75) is 18.9 Å². The van der Waals surface area contributed by atoms with Crippen LogP contribution >= 0.6 is 0 Å². The summed E-state index contributed by atoms with van der Waals surface area (Å²) in [6.07, 6.45) is 1.43. The van der Waals surface area contributed by atoms with Crippen LogP contribution in [-0.4, -0.2) is 37.1 Å². The third kappa shape index (κ3) is 1.95. The lowest BCUT2D eigenvalue weighted by molar-refractivity contribution is -0.138. The Morgan fingerprint density at radius 2 is 2.58 bits per heavy atom. The average Bonchev–Trinajstić information content (AvgIpc) is 2.55. The molecule has 0 radical (unpaired) electrons. The molecule has 0 unspecified atom stereocenters. The van der Waals surface area contributed by atoms with Crippen molar-refractivity contribution in [3.05, 3.63) is 0 Å². The fourth-order valence-corrected chi connectivity index (χ4v) is 1.20. The van der Waals surface area contributed by atoms with Crippen LogP contribution in [0.2, 0.25) is 0 Å². The summed E-state index contributed by atoms with van der Waals surface area (Å²) < 4.78 is 5.18. The quantitative estimate of drug-likeness (QED) is 0.551. The van der Waals surface area contributed by atoms with E-state index in [1.807, 2.05) is 6.07 Å². The maximum absolute atomic E-state index is 11.4. The first-order chi connectivity index (χ1) is 5.75. The Balaban J connectivity index is 2.41. The fourth-order valence-electron chi connectivity index (χ4n) is 1.20. The van der Waals surface area contributed by atoms with E-state index in [1.165, 1.54) is 4.90 Å². The van der Waals surface area contributed by atoms with Crippen molar-refractivity contribution in [3.63, 3.8) is 0 Å². The highest BCUT2D eigenvalue weighted by molar-refractivity contribution is 5.81. The summed E-state index contributed by atoms with van der Waals surface area (Å²) in [4.78, 5) is 12.8. The molecule has 0 aromatic heterocycles. The first-order valence-corrected chi connectivity index (χ1v) is 3.99. The molecule has 4 heteroatoms. The molecule has 0 aromatic carbocycles. The topological polar surface area (TPSA) is 53.3 Å². The Morgan fingerprint density at radius 1 is 1.83 bits per heavy atom. The molecular weight excluding hydrogens is 156 g/mol. The van der Waals surface area contributed by atoms with E-state index in [2.05, 4.69) is 0 Å². The normalized spacial score (nSPS) is 21.8. The minimum absolute atomic E-state index is 0.0750. The molecule has 1 saturated heterocycles. The standard InChI is InChI=1S/C8H12N2O2/c1-10(5-4-9)8(11)7-3-2-6-12-7/h7H,2-3,5-6H2,1H3/t7-/m1/s1. The van der Waals surface area contributed by atoms with Gasteiger partial charge in [0.2, 0.25) is 0 Å². The molecule has 4 nitrogen and oxygen atoms in total. The zero-order chi connectivity index (χ0) is 8.97. The summed E-state index contributed by atoms with van der Waals surface area (Å²) in [7, 11) is 1.62. The number of likely N-dealkylation sites (N-methyl/N-ethyl adjacent to an activating group) is 1. The lowest BCUT2D eigenvalue weighted by atomic mass is 10.2. The van der Waals surface area contributed by atoms with Gasteiger partial charge >= 0.3 is 0 Å². The highest BCUT2D eigenvalue weighted by Crippen LogP contribution is 2.13. The third-order valence-electron chi connectivity index (χ3n) is 1.89. The van der Waals surface area contributed by atoms with Gasteiger partial charge in [0.15, 0.2) is 0 Å². The predicted molar refractivity (Wildman–Crippen MR) is 42.2 cm³/mol.